The van der Waals surface area contributed by atoms with Gasteiger partial charge in [0.2, 0.25) is 15.9 Å². The van der Waals surface area contributed by atoms with Crippen LogP contribution in [-0.4, -0.2) is 20.1 Å². The monoisotopic (exact) mass is 233 g/mol. The van der Waals surface area contributed by atoms with Gasteiger partial charge in [-0.3, -0.25) is 9.52 Å². The molecule has 0 aliphatic heterocycles. The van der Waals surface area contributed by atoms with Crippen molar-refractivity contribution in [3.63, 3.8) is 0 Å². The van der Waals surface area contributed by atoms with Crippen LogP contribution in [0.5, 0.6) is 0 Å². The summed E-state index contributed by atoms with van der Waals surface area (Å²) in [5.41, 5.74) is 0. The molecule has 0 aromatic carbocycles. The fourth-order valence-corrected chi connectivity index (χ4v) is 2.98. The zero-order chi connectivity index (χ0) is 11.6. The summed E-state index contributed by atoms with van der Waals surface area (Å²) in [6.45, 7) is 5.75. The molecule has 1 saturated carbocycles. The normalized spacial score (nSPS) is 27.1. The lowest BCUT2D eigenvalue weighted by molar-refractivity contribution is -0.120. The standard InChI is InChI=1S/C10H19NO3S/c1-4-7(2)6-15(13,14)11-10(12)9-5-8(9)3/h7-9H,4-6H2,1-3H3,(H,11,12)/t7-,8+,9+/m0/s1. The minimum atomic E-state index is -3.42. The number of hydrogen-bond donors (Lipinski definition) is 1. The Labute approximate surface area is 91.5 Å². The average molecular weight is 233 g/mol. The largest absolute Gasteiger partial charge is 0.274 e. The van der Waals surface area contributed by atoms with E-state index in [9.17, 15) is 13.2 Å². The van der Waals surface area contributed by atoms with Crippen LogP contribution in [0.15, 0.2) is 0 Å². The molecule has 1 N–H and O–H groups in total. The number of nitrogens with one attached hydrogen (secondary N) is 1. The van der Waals surface area contributed by atoms with Crippen LogP contribution in [0.3, 0.4) is 0 Å². The maximum Gasteiger partial charge on any atom is 0.236 e. The third-order valence-electron chi connectivity index (χ3n) is 2.90. The molecule has 0 unspecified atom stereocenters. The lowest BCUT2D eigenvalue weighted by atomic mass is 10.2. The van der Waals surface area contributed by atoms with Crippen LogP contribution in [0.4, 0.5) is 0 Å². The molecule has 0 aromatic rings. The molecular weight excluding hydrogens is 214 g/mol. The second-order valence-corrected chi connectivity index (χ2v) is 6.35. The minimum Gasteiger partial charge on any atom is -0.274 e. The predicted octanol–water partition coefficient (Wildman–Crippen LogP) is 1.13. The third-order valence-corrected chi connectivity index (χ3v) is 4.42. The van der Waals surface area contributed by atoms with Crippen LogP contribution in [0.25, 0.3) is 0 Å². The van der Waals surface area contributed by atoms with Crippen molar-refractivity contribution >= 4 is 15.9 Å². The highest BCUT2D eigenvalue weighted by Crippen LogP contribution is 2.37. The Bertz CT molecular complexity index is 337. The van der Waals surface area contributed by atoms with Gasteiger partial charge < -0.3 is 0 Å². The molecule has 1 amide bonds. The van der Waals surface area contributed by atoms with Gasteiger partial charge in [0.15, 0.2) is 0 Å². The number of carbonyl (C=O) groups is 1. The van der Waals surface area contributed by atoms with E-state index in [1.54, 1.807) is 0 Å². The Morgan fingerprint density at radius 2 is 2.07 bits per heavy atom. The first-order chi connectivity index (χ1) is 6.85. The quantitative estimate of drug-likeness (QED) is 0.774. The molecular formula is C10H19NO3S. The molecule has 88 valence electrons. The SMILES string of the molecule is CC[C@H](C)CS(=O)(=O)NC(=O)[C@@H]1C[C@H]1C. The molecule has 3 atom stereocenters. The van der Waals surface area contributed by atoms with E-state index >= 15 is 0 Å². The number of rotatable bonds is 5. The van der Waals surface area contributed by atoms with E-state index in [1.807, 2.05) is 20.8 Å². The summed E-state index contributed by atoms with van der Waals surface area (Å²) in [4.78, 5) is 11.4. The molecule has 15 heavy (non-hydrogen) atoms. The van der Waals surface area contributed by atoms with Gasteiger partial charge in [-0.1, -0.05) is 27.2 Å². The van der Waals surface area contributed by atoms with Crippen molar-refractivity contribution < 1.29 is 13.2 Å². The second-order valence-electron chi connectivity index (χ2n) is 4.58. The molecule has 0 bridgehead atoms. The number of amides is 1. The van der Waals surface area contributed by atoms with Crippen molar-refractivity contribution in [1.82, 2.24) is 4.72 Å². The van der Waals surface area contributed by atoms with E-state index in [4.69, 9.17) is 0 Å². The highest BCUT2D eigenvalue weighted by molar-refractivity contribution is 7.90. The van der Waals surface area contributed by atoms with Crippen molar-refractivity contribution in [1.29, 1.82) is 0 Å². The lowest BCUT2D eigenvalue weighted by Crippen LogP contribution is -2.35. The van der Waals surface area contributed by atoms with Crippen LogP contribution in [0, 0.1) is 17.8 Å². The van der Waals surface area contributed by atoms with Crippen LogP contribution in [-0.2, 0) is 14.8 Å². The van der Waals surface area contributed by atoms with E-state index < -0.39 is 10.0 Å². The maximum atomic E-state index is 11.5. The van der Waals surface area contributed by atoms with Gasteiger partial charge in [0.1, 0.15) is 0 Å². The van der Waals surface area contributed by atoms with E-state index in [0.29, 0.717) is 5.92 Å². The zero-order valence-corrected chi connectivity index (χ0v) is 10.3. The molecule has 1 aliphatic carbocycles. The topological polar surface area (TPSA) is 63.2 Å². The van der Waals surface area contributed by atoms with Crippen molar-refractivity contribution in [3.8, 4) is 0 Å². The average Bonchev–Trinajstić information content (AvgIpc) is 2.80. The van der Waals surface area contributed by atoms with Crippen molar-refractivity contribution in [3.05, 3.63) is 0 Å². The van der Waals surface area contributed by atoms with Crippen LogP contribution >= 0.6 is 0 Å². The molecule has 4 nitrogen and oxygen atoms in total. The molecule has 0 spiro atoms. The summed E-state index contributed by atoms with van der Waals surface area (Å²) in [5.74, 6) is 0.0503. The summed E-state index contributed by atoms with van der Waals surface area (Å²) in [5, 5.41) is 0. The van der Waals surface area contributed by atoms with Crippen LogP contribution < -0.4 is 4.72 Å². The summed E-state index contributed by atoms with van der Waals surface area (Å²) in [6, 6.07) is 0. The molecule has 0 saturated heterocycles. The van der Waals surface area contributed by atoms with Gasteiger partial charge in [0.05, 0.1) is 5.75 Å². The van der Waals surface area contributed by atoms with Gasteiger partial charge in [0.25, 0.3) is 0 Å². The highest BCUT2D eigenvalue weighted by Gasteiger charge is 2.40. The first-order valence-electron chi connectivity index (χ1n) is 5.40. The fourth-order valence-electron chi connectivity index (χ4n) is 1.45. The van der Waals surface area contributed by atoms with Gasteiger partial charge in [0, 0.05) is 5.92 Å². The lowest BCUT2D eigenvalue weighted by Gasteiger charge is -2.10. The highest BCUT2D eigenvalue weighted by atomic mass is 32.2. The van der Waals surface area contributed by atoms with Gasteiger partial charge in [-0.25, -0.2) is 8.42 Å². The molecule has 5 heteroatoms. The Kier molecular flexibility index (Phi) is 3.76. The Morgan fingerprint density at radius 1 is 1.53 bits per heavy atom. The smallest absolute Gasteiger partial charge is 0.236 e. The fraction of sp³-hybridized carbons (Fsp3) is 0.900. The van der Waals surface area contributed by atoms with Crippen LogP contribution in [0.1, 0.15) is 33.6 Å². The minimum absolute atomic E-state index is 0.0380. The summed E-state index contributed by atoms with van der Waals surface area (Å²) in [7, 11) is -3.42. The molecule has 1 rings (SSSR count). The predicted molar refractivity (Wildman–Crippen MR) is 58.7 cm³/mol. The first-order valence-corrected chi connectivity index (χ1v) is 7.05. The van der Waals surface area contributed by atoms with Gasteiger partial charge in [-0.05, 0) is 18.3 Å². The Morgan fingerprint density at radius 3 is 2.47 bits per heavy atom. The van der Waals surface area contributed by atoms with Crippen molar-refractivity contribution in [2.45, 2.75) is 33.6 Å². The maximum absolute atomic E-state index is 11.5. The van der Waals surface area contributed by atoms with E-state index in [0.717, 1.165) is 12.8 Å². The second kappa shape index (κ2) is 4.51. The zero-order valence-electron chi connectivity index (χ0n) is 9.49. The van der Waals surface area contributed by atoms with E-state index in [1.165, 1.54) is 0 Å². The van der Waals surface area contributed by atoms with Crippen molar-refractivity contribution in [2.75, 3.05) is 5.75 Å². The number of carbonyl (C=O) groups excluding carboxylic acids is 1. The Hall–Kier alpha value is -0.580. The molecule has 0 radical (unpaired) electrons. The van der Waals surface area contributed by atoms with Crippen molar-refractivity contribution in [2.24, 2.45) is 17.8 Å². The van der Waals surface area contributed by atoms with E-state index in [2.05, 4.69) is 4.72 Å². The van der Waals surface area contributed by atoms with Crippen LogP contribution in [0.2, 0.25) is 0 Å². The first kappa shape index (κ1) is 12.5. The summed E-state index contributed by atoms with van der Waals surface area (Å²) in [6.07, 6.45) is 1.61. The molecule has 1 aliphatic rings. The summed E-state index contributed by atoms with van der Waals surface area (Å²) >= 11 is 0. The number of sulfonamides is 1. The molecule has 0 heterocycles. The molecule has 1 fully saturated rings. The van der Waals surface area contributed by atoms with E-state index in [-0.39, 0.29) is 23.5 Å². The van der Waals surface area contributed by atoms with Gasteiger partial charge >= 0.3 is 0 Å². The van der Waals surface area contributed by atoms with Gasteiger partial charge in [-0.15, -0.1) is 0 Å². The Balaban J connectivity index is 2.45. The molecule has 0 aromatic heterocycles. The summed E-state index contributed by atoms with van der Waals surface area (Å²) < 4.78 is 25.2. The third kappa shape index (κ3) is 3.81. The van der Waals surface area contributed by atoms with Gasteiger partial charge in [-0.2, -0.15) is 0 Å². The number of hydrogen-bond acceptors (Lipinski definition) is 3.